The van der Waals surface area contributed by atoms with Gasteiger partial charge in [-0.2, -0.15) is 0 Å². The first kappa shape index (κ1) is 84.7. The highest BCUT2D eigenvalue weighted by Crippen LogP contribution is 2.33. The van der Waals surface area contributed by atoms with Crippen molar-refractivity contribution in [1.29, 1.82) is 0 Å². The molecule has 0 aliphatic carbocycles. The SMILES string of the molecule is CC/C=C\C/C=C\C/C=C\C/C=C\C/C=C\C/C=C\C/C=C\C/C=C\C/C=C\CCCCCCCCCCCC(=O)NC(COC1OC(CO)C(OC2OC(CO)C(OC3OC(CO)C(O)C(O)C3O)C(O)C2O)C(O)C1O)C(O)CCCCCCCCCCCCCC. The number of hydrogen-bond acceptors (Lipinski definition) is 18. The van der Waals surface area contributed by atoms with E-state index in [1.54, 1.807) is 0 Å². The van der Waals surface area contributed by atoms with Crippen LogP contribution in [0.2, 0.25) is 0 Å². The Bertz CT molecular complexity index is 2130. The van der Waals surface area contributed by atoms with Gasteiger partial charge in [0.15, 0.2) is 18.9 Å². The van der Waals surface area contributed by atoms with Gasteiger partial charge in [-0.05, 0) is 83.5 Å². The average molecular weight is 1330 g/mol. The molecule has 19 heteroatoms. The second-order valence-electron chi connectivity index (χ2n) is 25.3. The molecule has 19 nitrogen and oxygen atoms in total. The summed E-state index contributed by atoms with van der Waals surface area (Å²) in [5, 5.41) is 121. The van der Waals surface area contributed by atoms with Crippen molar-refractivity contribution in [1.82, 2.24) is 5.32 Å². The van der Waals surface area contributed by atoms with E-state index in [4.69, 9.17) is 28.4 Å². The Kier molecular flexibility index (Phi) is 49.9. The van der Waals surface area contributed by atoms with E-state index in [0.29, 0.717) is 12.8 Å². The van der Waals surface area contributed by atoms with E-state index in [-0.39, 0.29) is 18.9 Å². The molecule has 0 spiro atoms. The predicted octanol–water partition coefficient (Wildman–Crippen LogP) is 10.2. The van der Waals surface area contributed by atoms with Crippen LogP contribution in [0.4, 0.5) is 0 Å². The van der Waals surface area contributed by atoms with Gasteiger partial charge in [0, 0.05) is 6.42 Å². The predicted molar refractivity (Wildman–Crippen MR) is 369 cm³/mol. The van der Waals surface area contributed by atoms with E-state index in [2.05, 4.69) is 129 Å². The van der Waals surface area contributed by atoms with Crippen molar-refractivity contribution >= 4 is 5.91 Å². The molecule has 17 atom stereocenters. The third kappa shape index (κ3) is 36.3. The Hall–Kier alpha value is -3.55. The van der Waals surface area contributed by atoms with Crippen LogP contribution in [0, 0.1) is 0 Å². The number of allylic oxidation sites excluding steroid dienone is 18. The Balaban J connectivity index is 1.34. The summed E-state index contributed by atoms with van der Waals surface area (Å²) in [4.78, 5) is 13.4. The Morgan fingerprint density at radius 3 is 1.15 bits per heavy atom. The maximum atomic E-state index is 13.4. The molecule has 1 amide bonds. The Labute approximate surface area is 564 Å². The zero-order chi connectivity index (χ0) is 68.2. The molecule has 3 aliphatic rings. The quantitative estimate of drug-likeness (QED) is 0.0199. The van der Waals surface area contributed by atoms with Crippen molar-refractivity contribution in [3.05, 3.63) is 109 Å². The molecule has 3 saturated heterocycles. The number of carbonyl (C=O) groups is 1. The fraction of sp³-hybridized carbons (Fsp3) is 0.747. The minimum atomic E-state index is -1.98. The fourth-order valence-electron chi connectivity index (χ4n) is 11.5. The van der Waals surface area contributed by atoms with Crippen LogP contribution in [0.5, 0.6) is 0 Å². The summed E-state index contributed by atoms with van der Waals surface area (Å²) in [6, 6.07) is -0.897. The van der Waals surface area contributed by atoms with Crippen LogP contribution >= 0.6 is 0 Å². The lowest BCUT2D eigenvalue weighted by Crippen LogP contribution is -2.66. The number of amides is 1. The summed E-state index contributed by atoms with van der Waals surface area (Å²) in [6.45, 7) is 1.65. The maximum Gasteiger partial charge on any atom is 0.220 e. The standard InChI is InChI=1S/C75H127NO18/c1-3-5-7-9-11-13-15-17-18-19-20-21-22-23-24-25-26-27-28-29-30-31-32-33-34-35-36-37-38-39-40-41-43-45-47-49-51-53-63(81)76-58(59(80)52-50-48-46-44-42-16-14-12-10-8-6-4-2)57-89-73-69(87)66(84)71(61(55-78)91-73)94-75-70(88)67(85)72(62(56-79)92-75)93-74-68(86)65(83)64(82)60(54-77)90-74/h5,7,11,13,17-18,20-21,23-24,26-27,29-30,32-33,35-36,58-62,64-75,77-80,82-88H,3-4,6,8-10,12,14-16,19,22,25,28,31,34,37-57H2,1-2H3,(H,76,81)/b7-5-,13-11-,18-17-,21-20-,24-23-,27-26-,30-29-,33-32-,36-35-. The molecular weight excluding hydrogens is 1200 g/mol. The molecule has 0 aromatic rings. The molecule has 540 valence electrons. The molecule has 3 rings (SSSR count). The number of carbonyl (C=O) groups excluding carboxylic acids is 1. The molecule has 12 N–H and O–H groups in total. The van der Waals surface area contributed by atoms with Gasteiger partial charge in [0.2, 0.25) is 5.91 Å². The van der Waals surface area contributed by atoms with E-state index < -0.39 is 124 Å². The van der Waals surface area contributed by atoms with Gasteiger partial charge >= 0.3 is 0 Å². The highest BCUT2D eigenvalue weighted by atomic mass is 16.8. The molecule has 0 saturated carbocycles. The minimum Gasteiger partial charge on any atom is -0.394 e. The minimum absolute atomic E-state index is 0.252. The van der Waals surface area contributed by atoms with Crippen LogP contribution in [0.15, 0.2) is 109 Å². The second kappa shape index (κ2) is 55.3. The number of aliphatic hydroxyl groups excluding tert-OH is 11. The Morgan fingerprint density at radius 1 is 0.394 bits per heavy atom. The lowest BCUT2D eigenvalue weighted by atomic mass is 9.96. The van der Waals surface area contributed by atoms with Crippen LogP contribution in [-0.2, 0) is 33.2 Å². The van der Waals surface area contributed by atoms with Crippen molar-refractivity contribution in [2.75, 3.05) is 26.4 Å². The van der Waals surface area contributed by atoms with Gasteiger partial charge in [0.25, 0.3) is 0 Å². The van der Waals surface area contributed by atoms with Crippen molar-refractivity contribution in [3.8, 4) is 0 Å². The topological polar surface area (TPSA) is 307 Å². The summed E-state index contributed by atoms with van der Waals surface area (Å²) in [5.41, 5.74) is 0. The van der Waals surface area contributed by atoms with Crippen molar-refractivity contribution < 1.29 is 89.4 Å². The molecule has 0 radical (unpaired) electrons. The lowest BCUT2D eigenvalue weighted by molar-refractivity contribution is -0.379. The lowest BCUT2D eigenvalue weighted by Gasteiger charge is -2.48. The van der Waals surface area contributed by atoms with Gasteiger partial charge in [0.1, 0.15) is 73.2 Å². The van der Waals surface area contributed by atoms with Crippen LogP contribution in [0.3, 0.4) is 0 Å². The second-order valence-corrected chi connectivity index (χ2v) is 25.3. The number of aliphatic hydroxyl groups is 11. The normalized spacial score (nSPS) is 28.0. The maximum absolute atomic E-state index is 13.4. The average Bonchev–Trinajstić information content (AvgIpc) is 0.794. The van der Waals surface area contributed by atoms with Crippen LogP contribution < -0.4 is 5.32 Å². The summed E-state index contributed by atoms with van der Waals surface area (Å²) < 4.78 is 34.4. The number of rotatable bonds is 54. The molecule has 3 aliphatic heterocycles. The first-order chi connectivity index (χ1) is 45.8. The first-order valence-electron chi connectivity index (χ1n) is 36.1. The van der Waals surface area contributed by atoms with Crippen molar-refractivity contribution in [3.63, 3.8) is 0 Å². The van der Waals surface area contributed by atoms with Crippen molar-refractivity contribution in [2.24, 2.45) is 0 Å². The highest BCUT2D eigenvalue weighted by Gasteiger charge is 2.53. The van der Waals surface area contributed by atoms with Gasteiger partial charge in [-0.15, -0.1) is 0 Å². The first-order valence-corrected chi connectivity index (χ1v) is 36.1. The van der Waals surface area contributed by atoms with Gasteiger partial charge in [0.05, 0.1) is 38.6 Å². The largest absolute Gasteiger partial charge is 0.394 e. The monoisotopic (exact) mass is 1330 g/mol. The summed E-state index contributed by atoms with van der Waals surface area (Å²) in [6.07, 6.45) is 47.5. The van der Waals surface area contributed by atoms with Crippen LogP contribution in [-0.4, -0.2) is 193 Å². The van der Waals surface area contributed by atoms with Gasteiger partial charge in [-0.3, -0.25) is 4.79 Å². The summed E-state index contributed by atoms with van der Waals surface area (Å²) >= 11 is 0. The molecule has 94 heavy (non-hydrogen) atoms. The summed E-state index contributed by atoms with van der Waals surface area (Å²) in [7, 11) is 0. The van der Waals surface area contributed by atoms with E-state index >= 15 is 0 Å². The smallest absolute Gasteiger partial charge is 0.220 e. The third-order valence-electron chi connectivity index (χ3n) is 17.4. The zero-order valence-electron chi connectivity index (χ0n) is 57.1. The Morgan fingerprint density at radius 2 is 0.734 bits per heavy atom. The molecular formula is C75H127NO18. The fourth-order valence-corrected chi connectivity index (χ4v) is 11.5. The van der Waals surface area contributed by atoms with Gasteiger partial charge in [-0.25, -0.2) is 0 Å². The molecule has 3 fully saturated rings. The van der Waals surface area contributed by atoms with E-state index in [1.165, 1.54) is 77.0 Å². The number of ether oxygens (including phenoxy) is 6. The number of nitrogens with one attached hydrogen (secondary N) is 1. The zero-order valence-corrected chi connectivity index (χ0v) is 57.1. The van der Waals surface area contributed by atoms with Gasteiger partial charge in [-0.1, -0.05) is 245 Å². The third-order valence-corrected chi connectivity index (χ3v) is 17.4. The van der Waals surface area contributed by atoms with Crippen LogP contribution in [0.25, 0.3) is 0 Å². The number of unbranched alkanes of at least 4 members (excludes halogenated alkanes) is 20. The molecule has 3 heterocycles. The van der Waals surface area contributed by atoms with E-state index in [9.17, 15) is 61.0 Å². The molecule has 0 bridgehead atoms. The molecule has 17 unspecified atom stereocenters. The van der Waals surface area contributed by atoms with E-state index in [1.807, 2.05) is 0 Å². The van der Waals surface area contributed by atoms with Crippen LogP contribution in [0.1, 0.15) is 226 Å². The molecule has 0 aromatic heterocycles. The van der Waals surface area contributed by atoms with Gasteiger partial charge < -0.3 is 89.9 Å². The van der Waals surface area contributed by atoms with E-state index in [0.717, 1.165) is 116 Å². The number of hydrogen-bond donors (Lipinski definition) is 12. The highest BCUT2D eigenvalue weighted by molar-refractivity contribution is 5.76. The molecule has 0 aromatic carbocycles. The summed E-state index contributed by atoms with van der Waals surface area (Å²) in [5.74, 6) is -0.255. The van der Waals surface area contributed by atoms with Crippen molar-refractivity contribution in [2.45, 2.75) is 330 Å².